The molecule has 0 radical (unpaired) electrons. The van der Waals surface area contributed by atoms with Crippen LogP contribution < -0.4 is 0 Å². The van der Waals surface area contributed by atoms with E-state index in [0.717, 1.165) is 0 Å². The Morgan fingerprint density at radius 3 is 2.21 bits per heavy atom. The Morgan fingerprint density at radius 1 is 0.897 bits per heavy atom. The van der Waals surface area contributed by atoms with Crippen molar-refractivity contribution in [2.75, 3.05) is 0 Å². The predicted octanol–water partition coefficient (Wildman–Crippen LogP) is 8.32. The third-order valence-electron chi connectivity index (χ3n) is 8.38. The van der Waals surface area contributed by atoms with E-state index in [4.69, 9.17) is 0 Å². The van der Waals surface area contributed by atoms with Crippen molar-refractivity contribution in [1.82, 2.24) is 0 Å². The number of hydrogen-bond donors (Lipinski definition) is 0. The Hall–Kier alpha value is -0.690. The van der Waals surface area contributed by atoms with Gasteiger partial charge in [0.25, 0.3) is 0 Å². The quantitative estimate of drug-likeness (QED) is 0.236. The van der Waals surface area contributed by atoms with Gasteiger partial charge in [-0.1, -0.05) is 0 Å². The van der Waals surface area contributed by atoms with Gasteiger partial charge >= 0.3 is 191 Å². The number of rotatable bonds is 7. The van der Waals surface area contributed by atoms with Crippen LogP contribution >= 0.6 is 0 Å². The van der Waals surface area contributed by atoms with Gasteiger partial charge < -0.3 is 0 Å². The van der Waals surface area contributed by atoms with E-state index in [2.05, 4.69) is 65.8 Å². The topological polar surface area (TPSA) is 0 Å². The SMILES string of the molecule is CCCCCC[C]1([Hf][C]2(C)C(C)=C(C)C(C)=C2C)C=Cc2cc3c(cc21)CCC3. The fourth-order valence-corrected chi connectivity index (χ4v) is 14.8. The van der Waals surface area contributed by atoms with Crippen LogP contribution in [0, 0.1) is 0 Å². The third-order valence-corrected chi connectivity index (χ3v) is 16.9. The van der Waals surface area contributed by atoms with Crippen LogP contribution in [0.1, 0.15) is 102 Å². The normalized spacial score (nSPS) is 24.5. The zero-order valence-corrected chi connectivity index (χ0v) is 23.1. The molecule has 0 aromatic heterocycles. The molecule has 0 heterocycles. The molecule has 154 valence electrons. The van der Waals surface area contributed by atoms with Crippen LogP contribution in [0.4, 0.5) is 0 Å². The van der Waals surface area contributed by atoms with Gasteiger partial charge in [-0.15, -0.1) is 0 Å². The van der Waals surface area contributed by atoms with Crippen LogP contribution in [0.5, 0.6) is 0 Å². The summed E-state index contributed by atoms with van der Waals surface area (Å²) in [6, 6.07) is 5.23. The summed E-state index contributed by atoms with van der Waals surface area (Å²) in [7, 11) is 0. The molecule has 3 aliphatic carbocycles. The number of fused-ring (bicyclic) bond motifs is 2. The van der Waals surface area contributed by atoms with Gasteiger partial charge in [0.05, 0.1) is 0 Å². The minimum absolute atomic E-state index is 0.379. The summed E-state index contributed by atoms with van der Waals surface area (Å²) in [6.45, 7) is 14.5. The van der Waals surface area contributed by atoms with Crippen molar-refractivity contribution in [3.63, 3.8) is 0 Å². The maximum atomic E-state index is 2.69. The number of benzene rings is 1. The van der Waals surface area contributed by atoms with Crippen molar-refractivity contribution in [3.8, 4) is 0 Å². The van der Waals surface area contributed by atoms with Crippen LogP contribution in [-0.4, -0.2) is 0 Å². The molecule has 0 aliphatic heterocycles. The Kier molecular flexibility index (Phi) is 6.02. The van der Waals surface area contributed by atoms with E-state index in [1.54, 1.807) is 44.5 Å². The number of unbranched alkanes of at least 4 members (excludes halogenated alkanes) is 3. The fourth-order valence-electron chi connectivity index (χ4n) is 5.94. The summed E-state index contributed by atoms with van der Waals surface area (Å²) < 4.78 is 0.771. The van der Waals surface area contributed by atoms with E-state index in [1.807, 2.05) is 0 Å². The summed E-state index contributed by atoms with van der Waals surface area (Å²) >= 11 is -1.13. The molecular weight excluding hydrogens is 515 g/mol. The standard InChI is InChI=1S/C18H23.C10H15.Hf/c1-2-3-4-5-7-14-10-11-17-12-15-8-6-9-16(15)13-18(14)17;1-6-7(2)9(4)10(5)8(6)3;/h10-13H,2-9H2,1H3;1-5H3;. The molecule has 4 rings (SSSR count). The number of aryl methyl sites for hydroxylation is 2. The third kappa shape index (κ3) is 3.54. The van der Waals surface area contributed by atoms with Gasteiger partial charge in [0, 0.05) is 0 Å². The van der Waals surface area contributed by atoms with Crippen LogP contribution in [-0.2, 0) is 38.9 Å². The first kappa shape index (κ1) is 21.5. The average molecular weight is 553 g/mol. The van der Waals surface area contributed by atoms with Gasteiger partial charge in [0.15, 0.2) is 0 Å². The van der Waals surface area contributed by atoms with Gasteiger partial charge in [-0.05, 0) is 0 Å². The van der Waals surface area contributed by atoms with Crippen LogP contribution in [0.3, 0.4) is 0 Å². The summed E-state index contributed by atoms with van der Waals surface area (Å²) in [6.07, 6.45) is 16.0. The molecule has 0 fully saturated rings. The molecule has 1 aromatic rings. The molecule has 1 aromatic carbocycles. The average Bonchev–Trinajstić information content (AvgIpc) is 3.35. The van der Waals surface area contributed by atoms with Crippen molar-refractivity contribution in [1.29, 1.82) is 0 Å². The van der Waals surface area contributed by atoms with Gasteiger partial charge in [-0.3, -0.25) is 0 Å². The molecular formula is C28H38Hf. The van der Waals surface area contributed by atoms with E-state index >= 15 is 0 Å². The summed E-state index contributed by atoms with van der Waals surface area (Å²) in [5, 5.41) is 0. The Morgan fingerprint density at radius 2 is 1.55 bits per heavy atom. The van der Waals surface area contributed by atoms with Gasteiger partial charge in [-0.2, -0.15) is 0 Å². The van der Waals surface area contributed by atoms with Gasteiger partial charge in [0.1, 0.15) is 0 Å². The van der Waals surface area contributed by atoms with Crippen molar-refractivity contribution in [3.05, 3.63) is 62.8 Å². The number of hydrogen-bond acceptors (Lipinski definition) is 0. The summed E-state index contributed by atoms with van der Waals surface area (Å²) in [5.41, 5.74) is 13.1. The van der Waals surface area contributed by atoms with E-state index < -0.39 is 22.9 Å². The second kappa shape index (κ2) is 8.10. The number of allylic oxidation sites excluding steroid dienone is 5. The minimum atomic E-state index is -1.13. The zero-order valence-electron chi connectivity index (χ0n) is 19.5. The van der Waals surface area contributed by atoms with Crippen LogP contribution in [0.15, 0.2) is 40.5 Å². The van der Waals surface area contributed by atoms with E-state index in [-0.39, 0.29) is 0 Å². The molecule has 0 saturated heterocycles. The molecule has 1 atom stereocenters. The molecule has 0 nitrogen and oxygen atoms in total. The van der Waals surface area contributed by atoms with Crippen molar-refractivity contribution >= 4 is 6.08 Å². The molecule has 3 aliphatic rings. The zero-order chi connectivity index (χ0) is 20.8. The Balaban J connectivity index is 1.74. The molecule has 1 unspecified atom stereocenters. The fraction of sp³-hybridized carbons (Fsp3) is 0.571. The molecule has 0 saturated carbocycles. The first-order valence-electron chi connectivity index (χ1n) is 11.8. The molecule has 29 heavy (non-hydrogen) atoms. The molecule has 0 amide bonds. The Bertz CT molecular complexity index is 886. The first-order valence-corrected chi connectivity index (χ1v) is 15.4. The van der Waals surface area contributed by atoms with Gasteiger partial charge in [-0.25, -0.2) is 0 Å². The van der Waals surface area contributed by atoms with Crippen LogP contribution in [0.25, 0.3) is 6.08 Å². The molecule has 1 heteroatoms. The second-order valence-electron chi connectivity index (χ2n) is 9.93. The van der Waals surface area contributed by atoms with E-state index in [0.29, 0.717) is 6.34 Å². The molecule has 0 bridgehead atoms. The summed E-state index contributed by atoms with van der Waals surface area (Å²) in [4.78, 5) is 0. The van der Waals surface area contributed by atoms with Crippen molar-refractivity contribution in [2.24, 2.45) is 0 Å². The maximum absolute atomic E-state index is 2.69. The molecule has 0 N–H and O–H groups in total. The van der Waals surface area contributed by atoms with Crippen LogP contribution in [0.2, 0.25) is 3.17 Å². The monoisotopic (exact) mass is 554 g/mol. The van der Waals surface area contributed by atoms with E-state index in [1.165, 1.54) is 51.4 Å². The second-order valence-corrected chi connectivity index (χ2v) is 17.6. The Labute approximate surface area is 190 Å². The van der Waals surface area contributed by atoms with Crippen molar-refractivity contribution in [2.45, 2.75) is 99.3 Å². The molecule has 0 spiro atoms. The predicted molar refractivity (Wildman–Crippen MR) is 123 cm³/mol. The first-order chi connectivity index (χ1) is 13.8. The van der Waals surface area contributed by atoms with Crippen molar-refractivity contribution < 1.29 is 22.9 Å². The van der Waals surface area contributed by atoms with Gasteiger partial charge in [0.2, 0.25) is 0 Å². The van der Waals surface area contributed by atoms with E-state index in [9.17, 15) is 0 Å². The summed E-state index contributed by atoms with van der Waals surface area (Å²) in [5.74, 6) is 0.